The fourth-order valence-electron chi connectivity index (χ4n) is 0.271. The maximum atomic E-state index is 10.8. The Balaban J connectivity index is -0.000000167. The van der Waals surface area contributed by atoms with Crippen LogP contribution >= 0.6 is 15.6 Å². The third kappa shape index (κ3) is 6.53. The molecule has 0 unspecified atom stereocenters. The van der Waals surface area contributed by atoms with Crippen molar-refractivity contribution in [2.45, 2.75) is 0 Å². The first kappa shape index (κ1) is 15.5. The van der Waals surface area contributed by atoms with Gasteiger partial charge >= 0.3 is 38.7 Å². The van der Waals surface area contributed by atoms with Crippen LogP contribution in [-0.2, 0) is 22.5 Å². The summed E-state index contributed by atoms with van der Waals surface area (Å²) < 4.78 is 32.8. The van der Waals surface area contributed by atoms with E-state index >= 15 is 0 Å². The zero-order valence-corrected chi connectivity index (χ0v) is 9.74. The average Bonchev–Trinajstić information content (AvgIpc) is 1.84. The first-order valence-electron chi connectivity index (χ1n) is 2.31. The molecule has 0 spiro atoms. The smallest absolute Gasteiger partial charge is 1.00 e. The third-order valence-corrected chi connectivity index (χ3v) is 3.20. The maximum absolute atomic E-state index is 10.8. The molecule has 0 aliphatic heterocycles. The molecule has 0 amide bonds. The van der Waals surface area contributed by atoms with E-state index in [2.05, 4.69) is 13.4 Å². The standard InChI is InChI=1S/C2H8O7P2.Mg.2H/c1-7-11(6,8-2)9-10(3,4)5;;;/h1-2H3,(H2,3,4,5);;;/q;+2;2*-1. The van der Waals surface area contributed by atoms with Gasteiger partial charge in [-0.3, -0.25) is 9.05 Å². The minimum Gasteiger partial charge on any atom is -1.00 e. The third-order valence-electron chi connectivity index (χ3n) is 0.654. The van der Waals surface area contributed by atoms with Crippen LogP contribution in [0.2, 0.25) is 0 Å². The Morgan fingerprint density at radius 3 is 1.58 bits per heavy atom. The SMILES string of the molecule is COP(=O)(OC)OP(=O)(O)O.[H-].[H-].[Mg+2]. The van der Waals surface area contributed by atoms with Gasteiger partial charge in [-0.05, 0) is 0 Å². The molecular formula is C2H10MgO7P2. The van der Waals surface area contributed by atoms with Crippen LogP contribution in [0.4, 0.5) is 0 Å². The Labute approximate surface area is 88.4 Å². The van der Waals surface area contributed by atoms with E-state index in [0.29, 0.717) is 0 Å². The molecule has 0 aliphatic carbocycles. The number of phosphoric acid groups is 2. The molecular weight excluding hydrogens is 222 g/mol. The summed E-state index contributed by atoms with van der Waals surface area (Å²) in [4.78, 5) is 16.3. The van der Waals surface area contributed by atoms with Gasteiger partial charge in [-0.1, -0.05) is 0 Å². The molecule has 2 N–H and O–H groups in total. The van der Waals surface area contributed by atoms with Gasteiger partial charge in [0.1, 0.15) is 0 Å². The number of hydrogen-bond acceptors (Lipinski definition) is 5. The monoisotopic (exact) mass is 232 g/mol. The van der Waals surface area contributed by atoms with Crippen molar-refractivity contribution in [2.75, 3.05) is 14.2 Å². The quantitative estimate of drug-likeness (QED) is 0.532. The Hall–Kier alpha value is 1.03. The molecule has 0 atom stereocenters. The van der Waals surface area contributed by atoms with Gasteiger partial charge < -0.3 is 12.6 Å². The van der Waals surface area contributed by atoms with E-state index in [1.165, 1.54) is 0 Å². The van der Waals surface area contributed by atoms with E-state index in [-0.39, 0.29) is 25.9 Å². The van der Waals surface area contributed by atoms with Gasteiger partial charge in [0.2, 0.25) is 0 Å². The van der Waals surface area contributed by atoms with E-state index in [0.717, 1.165) is 14.2 Å². The first-order chi connectivity index (χ1) is 4.83. The maximum Gasteiger partial charge on any atom is 2.00 e. The number of rotatable bonds is 4. The van der Waals surface area contributed by atoms with Gasteiger partial charge in [-0.25, -0.2) is 9.13 Å². The minimum atomic E-state index is -4.83. The molecule has 0 saturated carbocycles. The van der Waals surface area contributed by atoms with Crippen molar-refractivity contribution in [1.82, 2.24) is 0 Å². The van der Waals surface area contributed by atoms with E-state index in [9.17, 15) is 9.13 Å². The Morgan fingerprint density at radius 2 is 1.50 bits per heavy atom. The van der Waals surface area contributed by atoms with Crippen molar-refractivity contribution in [2.24, 2.45) is 0 Å². The summed E-state index contributed by atoms with van der Waals surface area (Å²) in [6, 6.07) is 0. The van der Waals surface area contributed by atoms with Gasteiger partial charge in [0.05, 0.1) is 0 Å². The van der Waals surface area contributed by atoms with E-state index in [4.69, 9.17) is 9.79 Å². The van der Waals surface area contributed by atoms with Gasteiger partial charge in [0.25, 0.3) is 0 Å². The molecule has 12 heavy (non-hydrogen) atoms. The van der Waals surface area contributed by atoms with Crippen LogP contribution in [0.3, 0.4) is 0 Å². The van der Waals surface area contributed by atoms with E-state index in [1.807, 2.05) is 0 Å². The van der Waals surface area contributed by atoms with Gasteiger partial charge in [0, 0.05) is 14.2 Å². The molecule has 10 heteroatoms. The number of hydrogen-bond donors (Lipinski definition) is 2. The summed E-state index contributed by atoms with van der Waals surface area (Å²) in [6.07, 6.45) is 0. The summed E-state index contributed by atoms with van der Waals surface area (Å²) in [5.41, 5.74) is 0. The molecule has 0 saturated heterocycles. The van der Waals surface area contributed by atoms with Crippen molar-refractivity contribution in [3.63, 3.8) is 0 Å². The molecule has 0 heterocycles. The second-order valence-electron chi connectivity index (χ2n) is 1.38. The summed E-state index contributed by atoms with van der Waals surface area (Å²) in [5, 5.41) is 0. The molecule has 0 aliphatic rings. The molecule has 0 aromatic heterocycles. The molecule has 0 aromatic carbocycles. The van der Waals surface area contributed by atoms with Gasteiger partial charge in [-0.2, -0.15) is 4.31 Å². The largest absolute Gasteiger partial charge is 2.00 e. The Bertz CT molecular complexity index is 210. The minimum absolute atomic E-state index is 0. The Kier molecular flexibility index (Phi) is 7.35. The van der Waals surface area contributed by atoms with Crippen LogP contribution in [0.1, 0.15) is 2.85 Å². The molecule has 0 bridgehead atoms. The normalized spacial score (nSPS) is 12.3. The van der Waals surface area contributed by atoms with Crippen molar-refractivity contribution in [3.05, 3.63) is 0 Å². The average molecular weight is 232 g/mol. The first-order valence-corrected chi connectivity index (χ1v) is 5.30. The van der Waals surface area contributed by atoms with Gasteiger partial charge in [-0.15, -0.1) is 0 Å². The summed E-state index contributed by atoms with van der Waals surface area (Å²) >= 11 is 0. The molecule has 0 radical (unpaired) electrons. The van der Waals surface area contributed by atoms with E-state index in [1.54, 1.807) is 0 Å². The zero-order valence-electron chi connectivity index (χ0n) is 8.54. The van der Waals surface area contributed by atoms with Crippen LogP contribution in [0.15, 0.2) is 0 Å². The molecule has 0 rings (SSSR count). The van der Waals surface area contributed by atoms with Crippen LogP contribution in [0.5, 0.6) is 0 Å². The van der Waals surface area contributed by atoms with Crippen LogP contribution < -0.4 is 0 Å². The van der Waals surface area contributed by atoms with E-state index < -0.39 is 15.6 Å². The second kappa shape index (κ2) is 5.69. The van der Waals surface area contributed by atoms with Crippen LogP contribution in [0, 0.1) is 0 Å². The fraction of sp³-hybridized carbons (Fsp3) is 1.00. The molecule has 0 aromatic rings. The van der Waals surface area contributed by atoms with Crippen molar-refractivity contribution in [3.8, 4) is 0 Å². The molecule has 0 fully saturated rings. The summed E-state index contributed by atoms with van der Waals surface area (Å²) in [6.45, 7) is 0. The number of phosphoric ester groups is 1. The second-order valence-corrected chi connectivity index (χ2v) is 4.64. The van der Waals surface area contributed by atoms with Crippen molar-refractivity contribution >= 4 is 38.7 Å². The molecule has 72 valence electrons. The summed E-state index contributed by atoms with van der Waals surface area (Å²) in [7, 11) is -7.01. The van der Waals surface area contributed by atoms with Crippen molar-refractivity contribution < 1.29 is 35.1 Å². The topological polar surface area (TPSA) is 102 Å². The fourth-order valence-corrected chi connectivity index (χ4v) is 2.00. The zero-order chi connectivity index (χ0) is 9.12. The van der Waals surface area contributed by atoms with Crippen LogP contribution in [-0.4, -0.2) is 47.1 Å². The predicted octanol–water partition coefficient (Wildman–Crippen LogP) is 0.341. The predicted molar refractivity (Wildman–Crippen MR) is 42.7 cm³/mol. The van der Waals surface area contributed by atoms with Crippen molar-refractivity contribution in [1.29, 1.82) is 0 Å². The van der Waals surface area contributed by atoms with Crippen LogP contribution in [0.25, 0.3) is 0 Å². The molecule has 7 nitrogen and oxygen atoms in total. The van der Waals surface area contributed by atoms with Gasteiger partial charge in [0.15, 0.2) is 0 Å². The summed E-state index contributed by atoms with van der Waals surface area (Å²) in [5.74, 6) is 0. The Morgan fingerprint density at radius 1 is 1.17 bits per heavy atom.